The Hall–Kier alpha value is -1.23. The van der Waals surface area contributed by atoms with Crippen molar-refractivity contribution in [3.05, 3.63) is 10.4 Å². The molecule has 1 aromatic rings. The van der Waals surface area contributed by atoms with Crippen molar-refractivity contribution in [3.8, 4) is 0 Å². The maximum Gasteiger partial charge on any atom is 0.263 e. The Balaban J connectivity index is 2.20. The molecule has 112 valence electrons. The highest BCUT2D eigenvalue weighted by atomic mass is 32.1. The van der Waals surface area contributed by atoms with Crippen LogP contribution in [-0.4, -0.2) is 19.0 Å². The maximum absolute atomic E-state index is 12.2. The van der Waals surface area contributed by atoms with Gasteiger partial charge in [-0.05, 0) is 31.1 Å². The smallest absolute Gasteiger partial charge is 0.263 e. The van der Waals surface area contributed by atoms with Crippen LogP contribution in [0.25, 0.3) is 0 Å². The Labute approximate surface area is 125 Å². The molecule has 20 heavy (non-hydrogen) atoms. The predicted octanol–water partition coefficient (Wildman–Crippen LogP) is 3.42. The van der Waals surface area contributed by atoms with Crippen LogP contribution in [0.3, 0.4) is 0 Å². The number of nitrogens with two attached hydrogens (primary N) is 1. The summed E-state index contributed by atoms with van der Waals surface area (Å²) in [7, 11) is 0. The van der Waals surface area contributed by atoms with E-state index in [9.17, 15) is 4.79 Å². The molecule has 0 atom stereocenters. The molecule has 1 amide bonds. The first kappa shape index (κ1) is 15.2. The summed E-state index contributed by atoms with van der Waals surface area (Å²) in [5.74, 6) is 1.09. The third-order valence-electron chi connectivity index (χ3n) is 3.38. The van der Waals surface area contributed by atoms with Gasteiger partial charge in [0.1, 0.15) is 4.88 Å². The zero-order chi connectivity index (χ0) is 14.7. The molecule has 1 aliphatic rings. The number of anilines is 2. The Morgan fingerprint density at radius 2 is 2.15 bits per heavy atom. The molecule has 0 radical (unpaired) electrons. The molecule has 5 heteroatoms. The first-order valence-corrected chi connectivity index (χ1v) is 8.30. The lowest BCUT2D eigenvalue weighted by Gasteiger charge is -2.09. The first-order chi connectivity index (χ1) is 9.54. The molecule has 1 aliphatic carbocycles. The van der Waals surface area contributed by atoms with E-state index < -0.39 is 0 Å². The summed E-state index contributed by atoms with van der Waals surface area (Å²) in [6.07, 6.45) is 3.31. The van der Waals surface area contributed by atoms with Crippen molar-refractivity contribution in [2.75, 3.05) is 24.1 Å². The van der Waals surface area contributed by atoms with Gasteiger partial charge in [-0.3, -0.25) is 4.79 Å². The van der Waals surface area contributed by atoms with Crippen molar-refractivity contribution in [3.63, 3.8) is 0 Å². The minimum Gasteiger partial charge on any atom is -0.397 e. The van der Waals surface area contributed by atoms with Crippen molar-refractivity contribution in [1.82, 2.24) is 5.32 Å². The summed E-state index contributed by atoms with van der Waals surface area (Å²) in [4.78, 5) is 12.8. The Kier molecular flexibility index (Phi) is 4.91. The Bertz CT molecular complexity index is 478. The Morgan fingerprint density at radius 1 is 1.45 bits per heavy atom. The fourth-order valence-corrected chi connectivity index (χ4v) is 3.28. The summed E-state index contributed by atoms with van der Waals surface area (Å²) < 4.78 is 0. The van der Waals surface area contributed by atoms with E-state index in [1.54, 1.807) is 0 Å². The average Bonchev–Trinajstić information content (AvgIpc) is 3.18. The molecule has 0 saturated heterocycles. The molecule has 1 fully saturated rings. The number of amides is 1. The highest BCUT2D eigenvalue weighted by molar-refractivity contribution is 7.18. The van der Waals surface area contributed by atoms with Gasteiger partial charge >= 0.3 is 0 Å². The van der Waals surface area contributed by atoms with Gasteiger partial charge in [-0.1, -0.05) is 20.8 Å². The quantitative estimate of drug-likeness (QED) is 0.722. The van der Waals surface area contributed by atoms with E-state index >= 15 is 0 Å². The average molecular weight is 295 g/mol. The van der Waals surface area contributed by atoms with E-state index in [1.165, 1.54) is 29.7 Å². The maximum atomic E-state index is 12.2. The fourth-order valence-electron chi connectivity index (χ4n) is 2.15. The van der Waals surface area contributed by atoms with E-state index in [-0.39, 0.29) is 5.91 Å². The summed E-state index contributed by atoms with van der Waals surface area (Å²) in [5, 5.41) is 7.48. The minimum absolute atomic E-state index is 0.0335. The Morgan fingerprint density at radius 3 is 2.70 bits per heavy atom. The van der Waals surface area contributed by atoms with E-state index in [0.29, 0.717) is 28.9 Å². The predicted molar refractivity (Wildman–Crippen MR) is 86.7 cm³/mol. The van der Waals surface area contributed by atoms with E-state index in [4.69, 9.17) is 5.73 Å². The molecular formula is C15H25N3OS. The molecule has 0 unspecified atom stereocenters. The van der Waals surface area contributed by atoms with E-state index in [2.05, 4.69) is 24.5 Å². The number of nitrogens with one attached hydrogen (secondary N) is 2. The molecule has 0 bridgehead atoms. The standard InChI is InChI=1S/C15H25N3OS/c1-4-7-17-14(19)13-12(16)11(10-5-6-10)15(20-13)18-8-9(2)3/h9-10,18H,4-8,16H2,1-3H3,(H,17,19). The normalized spacial score (nSPS) is 14.6. The molecule has 0 spiro atoms. The molecule has 1 saturated carbocycles. The van der Waals surface area contributed by atoms with Gasteiger partial charge in [-0.25, -0.2) is 0 Å². The highest BCUT2D eigenvalue weighted by Crippen LogP contribution is 2.50. The molecule has 0 aromatic carbocycles. The number of nitrogen functional groups attached to an aromatic ring is 1. The van der Waals surface area contributed by atoms with Crippen LogP contribution >= 0.6 is 11.3 Å². The summed E-state index contributed by atoms with van der Waals surface area (Å²) in [5.41, 5.74) is 8.10. The lowest BCUT2D eigenvalue weighted by atomic mass is 10.1. The van der Waals surface area contributed by atoms with Crippen LogP contribution in [0.15, 0.2) is 0 Å². The second-order valence-corrected chi connectivity index (χ2v) is 6.91. The fraction of sp³-hybridized carbons (Fsp3) is 0.667. The topological polar surface area (TPSA) is 67.2 Å². The second-order valence-electron chi connectivity index (χ2n) is 5.89. The van der Waals surface area contributed by atoms with Gasteiger partial charge in [-0.15, -0.1) is 11.3 Å². The number of hydrogen-bond donors (Lipinski definition) is 3. The zero-order valence-corrected chi connectivity index (χ0v) is 13.4. The van der Waals surface area contributed by atoms with Crippen LogP contribution in [0, 0.1) is 5.92 Å². The summed E-state index contributed by atoms with van der Waals surface area (Å²) in [6.45, 7) is 8.01. The van der Waals surface area contributed by atoms with Crippen LogP contribution in [0.1, 0.15) is 61.2 Å². The van der Waals surface area contributed by atoms with Crippen molar-refractivity contribution >= 4 is 27.9 Å². The van der Waals surface area contributed by atoms with Crippen LogP contribution in [0.2, 0.25) is 0 Å². The molecule has 1 heterocycles. The van der Waals surface area contributed by atoms with Crippen LogP contribution in [0.5, 0.6) is 0 Å². The van der Waals surface area contributed by atoms with Crippen molar-refractivity contribution in [2.24, 2.45) is 5.92 Å². The SMILES string of the molecule is CCCNC(=O)c1sc(NCC(C)C)c(C2CC2)c1N. The van der Waals surface area contributed by atoms with Gasteiger partial charge in [0.2, 0.25) is 0 Å². The van der Waals surface area contributed by atoms with Gasteiger partial charge in [-0.2, -0.15) is 0 Å². The lowest BCUT2D eigenvalue weighted by Crippen LogP contribution is -2.23. The molecule has 4 N–H and O–H groups in total. The largest absolute Gasteiger partial charge is 0.397 e. The summed E-state index contributed by atoms with van der Waals surface area (Å²) >= 11 is 1.51. The van der Waals surface area contributed by atoms with E-state index in [1.807, 2.05) is 6.92 Å². The van der Waals surface area contributed by atoms with Gasteiger partial charge in [0.15, 0.2) is 0 Å². The first-order valence-electron chi connectivity index (χ1n) is 7.48. The lowest BCUT2D eigenvalue weighted by molar-refractivity contribution is 0.0958. The zero-order valence-electron chi connectivity index (χ0n) is 12.6. The monoisotopic (exact) mass is 295 g/mol. The highest BCUT2D eigenvalue weighted by Gasteiger charge is 2.32. The molecule has 0 aliphatic heterocycles. The van der Waals surface area contributed by atoms with Crippen molar-refractivity contribution in [1.29, 1.82) is 0 Å². The van der Waals surface area contributed by atoms with E-state index in [0.717, 1.165) is 18.0 Å². The molecule has 2 rings (SSSR count). The number of hydrogen-bond acceptors (Lipinski definition) is 4. The summed E-state index contributed by atoms with van der Waals surface area (Å²) in [6, 6.07) is 0. The number of thiophene rings is 1. The minimum atomic E-state index is -0.0335. The second kappa shape index (κ2) is 6.48. The number of carbonyl (C=O) groups excluding carboxylic acids is 1. The molecule has 1 aromatic heterocycles. The van der Waals surface area contributed by atoms with Gasteiger partial charge in [0.05, 0.1) is 10.7 Å². The third kappa shape index (κ3) is 3.45. The molecular weight excluding hydrogens is 270 g/mol. The van der Waals surface area contributed by atoms with Crippen molar-refractivity contribution in [2.45, 2.75) is 46.0 Å². The van der Waals surface area contributed by atoms with Crippen LogP contribution in [0.4, 0.5) is 10.7 Å². The van der Waals surface area contributed by atoms with Gasteiger partial charge < -0.3 is 16.4 Å². The number of rotatable bonds is 7. The van der Waals surface area contributed by atoms with Crippen LogP contribution in [-0.2, 0) is 0 Å². The van der Waals surface area contributed by atoms with Gasteiger partial charge in [0, 0.05) is 18.7 Å². The van der Waals surface area contributed by atoms with Gasteiger partial charge in [0.25, 0.3) is 5.91 Å². The third-order valence-corrected chi connectivity index (χ3v) is 4.56. The number of carbonyl (C=O) groups is 1. The molecule has 4 nitrogen and oxygen atoms in total. The van der Waals surface area contributed by atoms with Crippen molar-refractivity contribution < 1.29 is 4.79 Å². The van der Waals surface area contributed by atoms with Crippen LogP contribution < -0.4 is 16.4 Å².